The maximum Gasteiger partial charge on any atom is 0.0624 e. The summed E-state index contributed by atoms with van der Waals surface area (Å²) in [7, 11) is 0. The number of unbranched alkanes of at least 4 members (excludes halogenated alkanes) is 1. The second-order valence-electron chi connectivity index (χ2n) is 2.92. The topological polar surface area (TPSA) is 44.0 Å². The molecular weight excluding hydrogens is 162 g/mol. The predicted molar refractivity (Wildman–Crippen MR) is 54.0 cm³/mol. The van der Waals surface area contributed by atoms with Gasteiger partial charge in [-0.1, -0.05) is 18.2 Å². The van der Waals surface area contributed by atoms with Crippen molar-refractivity contribution in [3.8, 4) is 6.07 Å². The molecule has 0 rings (SSSR count). The van der Waals surface area contributed by atoms with Crippen LogP contribution in [0.25, 0.3) is 0 Å². The van der Waals surface area contributed by atoms with E-state index < -0.39 is 0 Å². The summed E-state index contributed by atoms with van der Waals surface area (Å²) in [5.41, 5.74) is 0. The quantitative estimate of drug-likeness (QED) is 0.482. The van der Waals surface area contributed by atoms with Crippen molar-refractivity contribution in [1.29, 1.82) is 5.26 Å². The standard InChI is InChI=1S/C11H17NO/c1-2-8-11(13)9-6-4-3-5-7-10-12/h2-4,11,13H,1,5-9H2/b4-3-. The van der Waals surface area contributed by atoms with Gasteiger partial charge >= 0.3 is 0 Å². The molecule has 2 nitrogen and oxygen atoms in total. The smallest absolute Gasteiger partial charge is 0.0624 e. The number of rotatable bonds is 7. The summed E-state index contributed by atoms with van der Waals surface area (Å²) in [6.45, 7) is 3.56. The lowest BCUT2D eigenvalue weighted by Crippen LogP contribution is -2.03. The van der Waals surface area contributed by atoms with Gasteiger partial charge in [-0.25, -0.2) is 0 Å². The van der Waals surface area contributed by atoms with E-state index in [0.29, 0.717) is 12.8 Å². The van der Waals surface area contributed by atoms with E-state index in [1.807, 2.05) is 12.2 Å². The average Bonchev–Trinajstić information content (AvgIpc) is 2.11. The van der Waals surface area contributed by atoms with E-state index in [1.165, 1.54) is 0 Å². The largest absolute Gasteiger partial charge is 0.393 e. The van der Waals surface area contributed by atoms with Crippen LogP contribution in [0, 0.1) is 11.3 Å². The summed E-state index contributed by atoms with van der Waals surface area (Å²) in [5, 5.41) is 17.5. The van der Waals surface area contributed by atoms with Crippen molar-refractivity contribution in [3.63, 3.8) is 0 Å². The minimum Gasteiger partial charge on any atom is -0.393 e. The van der Waals surface area contributed by atoms with Crippen molar-refractivity contribution in [3.05, 3.63) is 24.8 Å². The van der Waals surface area contributed by atoms with Crippen LogP contribution in [0.2, 0.25) is 0 Å². The van der Waals surface area contributed by atoms with Gasteiger partial charge in [0.1, 0.15) is 0 Å². The van der Waals surface area contributed by atoms with Gasteiger partial charge in [0, 0.05) is 6.42 Å². The van der Waals surface area contributed by atoms with Crippen LogP contribution in [0.15, 0.2) is 24.8 Å². The van der Waals surface area contributed by atoms with Gasteiger partial charge in [-0.15, -0.1) is 6.58 Å². The van der Waals surface area contributed by atoms with E-state index in [1.54, 1.807) is 6.08 Å². The van der Waals surface area contributed by atoms with Crippen molar-refractivity contribution in [2.75, 3.05) is 0 Å². The lowest BCUT2D eigenvalue weighted by Gasteiger charge is -2.03. The highest BCUT2D eigenvalue weighted by Crippen LogP contribution is 2.03. The van der Waals surface area contributed by atoms with Crippen molar-refractivity contribution in [1.82, 2.24) is 0 Å². The zero-order valence-corrected chi connectivity index (χ0v) is 7.95. The van der Waals surface area contributed by atoms with Gasteiger partial charge < -0.3 is 5.11 Å². The van der Waals surface area contributed by atoms with Gasteiger partial charge in [0.05, 0.1) is 12.2 Å². The number of aliphatic hydroxyl groups excluding tert-OH is 1. The van der Waals surface area contributed by atoms with E-state index >= 15 is 0 Å². The van der Waals surface area contributed by atoms with Crippen molar-refractivity contribution in [2.24, 2.45) is 0 Å². The fourth-order valence-corrected chi connectivity index (χ4v) is 0.982. The molecule has 0 saturated carbocycles. The highest BCUT2D eigenvalue weighted by Gasteiger charge is 1.97. The molecule has 0 aromatic heterocycles. The number of allylic oxidation sites excluding steroid dienone is 2. The molecule has 0 spiro atoms. The van der Waals surface area contributed by atoms with Crippen LogP contribution in [-0.2, 0) is 0 Å². The Kier molecular flexibility index (Phi) is 8.28. The Hall–Kier alpha value is -1.07. The molecule has 1 unspecified atom stereocenters. The molecule has 72 valence electrons. The van der Waals surface area contributed by atoms with Crippen molar-refractivity contribution >= 4 is 0 Å². The number of nitriles is 1. The fraction of sp³-hybridized carbons (Fsp3) is 0.545. The van der Waals surface area contributed by atoms with Gasteiger partial charge in [0.2, 0.25) is 0 Å². The summed E-state index contributed by atoms with van der Waals surface area (Å²) in [6, 6.07) is 2.07. The van der Waals surface area contributed by atoms with Gasteiger partial charge in [-0.05, 0) is 25.7 Å². The minimum absolute atomic E-state index is 0.266. The molecule has 0 fully saturated rings. The third-order valence-corrected chi connectivity index (χ3v) is 1.69. The third kappa shape index (κ3) is 8.84. The van der Waals surface area contributed by atoms with Gasteiger partial charge in [-0.2, -0.15) is 5.26 Å². The summed E-state index contributed by atoms with van der Waals surface area (Å²) in [5.74, 6) is 0. The van der Waals surface area contributed by atoms with Gasteiger partial charge in [0.15, 0.2) is 0 Å². The Bertz CT molecular complexity index is 191. The Morgan fingerprint density at radius 1 is 1.38 bits per heavy atom. The maximum absolute atomic E-state index is 9.29. The zero-order valence-electron chi connectivity index (χ0n) is 7.95. The lowest BCUT2D eigenvalue weighted by atomic mass is 10.1. The second kappa shape index (κ2) is 9.02. The minimum atomic E-state index is -0.266. The molecule has 0 aromatic carbocycles. The molecule has 0 aliphatic carbocycles. The molecule has 0 aliphatic heterocycles. The molecule has 0 aromatic rings. The highest BCUT2D eigenvalue weighted by molar-refractivity contribution is 4.86. The number of nitrogens with zero attached hydrogens (tertiary/aromatic N) is 1. The summed E-state index contributed by atoms with van der Waals surface area (Å²) in [6.07, 6.45) is 9.16. The maximum atomic E-state index is 9.29. The van der Waals surface area contributed by atoms with E-state index in [0.717, 1.165) is 19.3 Å². The lowest BCUT2D eigenvalue weighted by molar-refractivity contribution is 0.169. The third-order valence-electron chi connectivity index (χ3n) is 1.69. The van der Waals surface area contributed by atoms with Crippen molar-refractivity contribution in [2.45, 2.75) is 38.2 Å². The van der Waals surface area contributed by atoms with E-state index in [2.05, 4.69) is 12.6 Å². The normalized spacial score (nSPS) is 12.6. The molecule has 1 N–H and O–H groups in total. The van der Waals surface area contributed by atoms with E-state index in [4.69, 9.17) is 5.26 Å². The van der Waals surface area contributed by atoms with Crippen LogP contribution >= 0.6 is 0 Å². The van der Waals surface area contributed by atoms with Crippen molar-refractivity contribution < 1.29 is 5.11 Å². The van der Waals surface area contributed by atoms with Crippen LogP contribution in [0.4, 0.5) is 0 Å². The number of hydrogen-bond acceptors (Lipinski definition) is 2. The Labute approximate surface area is 80.2 Å². The summed E-state index contributed by atoms with van der Waals surface area (Å²) >= 11 is 0. The van der Waals surface area contributed by atoms with Gasteiger partial charge in [0.25, 0.3) is 0 Å². The molecule has 1 atom stereocenters. The summed E-state index contributed by atoms with van der Waals surface area (Å²) in [4.78, 5) is 0. The Morgan fingerprint density at radius 3 is 2.69 bits per heavy atom. The molecule has 0 heterocycles. The highest BCUT2D eigenvalue weighted by atomic mass is 16.3. The molecule has 13 heavy (non-hydrogen) atoms. The average molecular weight is 179 g/mol. The first-order valence-corrected chi connectivity index (χ1v) is 4.62. The molecule has 0 bridgehead atoms. The van der Waals surface area contributed by atoms with Crippen LogP contribution in [0.3, 0.4) is 0 Å². The number of hydrogen-bond donors (Lipinski definition) is 1. The first-order valence-electron chi connectivity index (χ1n) is 4.62. The van der Waals surface area contributed by atoms with Crippen LogP contribution in [-0.4, -0.2) is 11.2 Å². The second-order valence-corrected chi connectivity index (χ2v) is 2.92. The van der Waals surface area contributed by atoms with Gasteiger partial charge in [-0.3, -0.25) is 0 Å². The van der Waals surface area contributed by atoms with E-state index in [-0.39, 0.29) is 6.10 Å². The SMILES string of the molecule is C=CCC(O)CC/C=C\CCC#N. The monoisotopic (exact) mass is 179 g/mol. The molecular formula is C11H17NO. The Morgan fingerprint density at radius 2 is 2.08 bits per heavy atom. The van der Waals surface area contributed by atoms with Crippen LogP contribution < -0.4 is 0 Å². The zero-order chi connectivity index (χ0) is 9.94. The first kappa shape index (κ1) is 11.9. The first-order chi connectivity index (χ1) is 6.31. The van der Waals surface area contributed by atoms with Crippen LogP contribution in [0.5, 0.6) is 0 Å². The van der Waals surface area contributed by atoms with E-state index in [9.17, 15) is 5.11 Å². The molecule has 0 saturated heterocycles. The molecule has 0 aliphatic rings. The predicted octanol–water partition coefficient (Wildman–Crippen LogP) is 2.56. The number of aliphatic hydroxyl groups is 1. The Balaban J connectivity index is 3.28. The molecule has 0 amide bonds. The van der Waals surface area contributed by atoms with Crippen LogP contribution in [0.1, 0.15) is 32.1 Å². The molecule has 2 heteroatoms. The fourth-order valence-electron chi connectivity index (χ4n) is 0.982. The summed E-state index contributed by atoms with van der Waals surface area (Å²) < 4.78 is 0. The molecule has 0 radical (unpaired) electrons.